The van der Waals surface area contributed by atoms with Gasteiger partial charge in [0.1, 0.15) is 0 Å². The Hall–Kier alpha value is -2.80. The number of nitrogens with zero attached hydrogens (tertiary/aromatic N) is 1. The fourth-order valence-electron chi connectivity index (χ4n) is 3.56. The van der Waals surface area contributed by atoms with E-state index in [4.69, 9.17) is 0 Å². The number of benzene rings is 2. The average Bonchev–Trinajstić information content (AvgIpc) is 2.67. The molecule has 2 atom stereocenters. The smallest absolute Gasteiger partial charge is 0.331 e. The van der Waals surface area contributed by atoms with Gasteiger partial charge in [-0.1, -0.05) is 24.3 Å². The van der Waals surface area contributed by atoms with E-state index in [1.807, 2.05) is 19.1 Å². The molecule has 2 amide bonds. The van der Waals surface area contributed by atoms with Crippen LogP contribution in [0.4, 0.5) is 5.69 Å². The molecule has 2 heterocycles. The van der Waals surface area contributed by atoms with E-state index in [-0.39, 0.29) is 17.1 Å². The fraction of sp³-hybridized carbons (Fsp3) is 0.250. The predicted molar refractivity (Wildman–Crippen MR) is 102 cm³/mol. The van der Waals surface area contributed by atoms with Crippen LogP contribution in [-0.2, 0) is 16.0 Å². The van der Waals surface area contributed by atoms with Gasteiger partial charge in [0, 0.05) is 17.0 Å². The number of hydrogen-bond donors (Lipinski definition) is 2. The summed E-state index contributed by atoms with van der Waals surface area (Å²) in [4.78, 5) is 39.2. The van der Waals surface area contributed by atoms with Crippen LogP contribution in [-0.4, -0.2) is 39.6 Å². The molecule has 6 nitrogen and oxygen atoms in total. The topological polar surface area (TPSA) is 86.7 Å². The van der Waals surface area contributed by atoms with Crippen molar-refractivity contribution in [2.24, 2.45) is 0 Å². The van der Waals surface area contributed by atoms with E-state index in [0.717, 1.165) is 10.5 Å². The molecule has 7 heteroatoms. The molecule has 2 unspecified atom stereocenters. The Morgan fingerprint density at radius 2 is 2.00 bits per heavy atom. The number of fused-ring (bicyclic) bond motifs is 2. The number of rotatable bonds is 2. The highest BCUT2D eigenvalue weighted by Gasteiger charge is 2.36. The number of carbonyl (C=O) groups is 3. The van der Waals surface area contributed by atoms with E-state index in [9.17, 15) is 19.5 Å². The molecule has 0 aliphatic carbocycles. The average molecular weight is 382 g/mol. The molecule has 2 aromatic carbocycles. The number of hydrogen-bond acceptors (Lipinski definition) is 4. The van der Waals surface area contributed by atoms with Gasteiger partial charge in [0.2, 0.25) is 5.91 Å². The highest BCUT2D eigenvalue weighted by atomic mass is 32.2. The predicted octanol–water partition coefficient (Wildman–Crippen LogP) is 2.94. The van der Waals surface area contributed by atoms with Crippen molar-refractivity contribution in [3.8, 4) is 0 Å². The van der Waals surface area contributed by atoms with E-state index in [1.54, 1.807) is 30.3 Å². The van der Waals surface area contributed by atoms with Gasteiger partial charge in [-0.25, -0.2) is 4.79 Å². The molecule has 0 spiro atoms. The number of carboxylic acid groups (broad SMARTS) is 1. The quantitative estimate of drug-likeness (QED) is 0.834. The van der Waals surface area contributed by atoms with Crippen LogP contribution < -0.4 is 5.32 Å². The number of amides is 2. The van der Waals surface area contributed by atoms with Gasteiger partial charge >= 0.3 is 5.97 Å². The number of nitrogens with one attached hydrogen (secondary N) is 1. The summed E-state index contributed by atoms with van der Waals surface area (Å²) in [5.41, 5.74) is 2.57. The second-order valence-corrected chi connectivity index (χ2v) is 8.03. The van der Waals surface area contributed by atoms with Crippen LogP contribution in [0, 0.1) is 0 Å². The number of carbonyl (C=O) groups excluding carboxylic acids is 2. The van der Waals surface area contributed by atoms with Crippen molar-refractivity contribution in [1.82, 2.24) is 4.90 Å². The highest BCUT2D eigenvalue weighted by Crippen LogP contribution is 2.37. The summed E-state index contributed by atoms with van der Waals surface area (Å²) < 4.78 is 0. The number of aliphatic carboxylic acids is 1. The molecule has 2 aromatic rings. The maximum absolute atomic E-state index is 13.1. The molecule has 2 N–H and O–H groups in total. The first-order valence-electron chi connectivity index (χ1n) is 8.69. The molecule has 2 aliphatic heterocycles. The van der Waals surface area contributed by atoms with Crippen molar-refractivity contribution in [2.45, 2.75) is 29.5 Å². The maximum atomic E-state index is 13.1. The van der Waals surface area contributed by atoms with Crippen LogP contribution in [0.3, 0.4) is 0 Å². The Morgan fingerprint density at radius 1 is 1.22 bits per heavy atom. The van der Waals surface area contributed by atoms with Crippen molar-refractivity contribution >= 4 is 35.2 Å². The van der Waals surface area contributed by atoms with Gasteiger partial charge in [0.05, 0.1) is 10.9 Å². The van der Waals surface area contributed by atoms with Crippen LogP contribution in [0.25, 0.3) is 0 Å². The highest BCUT2D eigenvalue weighted by molar-refractivity contribution is 8.00. The normalized spacial score (nSPS) is 21.1. The lowest BCUT2D eigenvalue weighted by Crippen LogP contribution is -2.43. The van der Waals surface area contributed by atoms with E-state index in [0.29, 0.717) is 29.8 Å². The molecular formula is C20H18N2O4S. The third kappa shape index (κ3) is 3.08. The van der Waals surface area contributed by atoms with Gasteiger partial charge in [0.25, 0.3) is 5.91 Å². The summed E-state index contributed by atoms with van der Waals surface area (Å²) >= 11 is 1.44. The zero-order valence-electron chi connectivity index (χ0n) is 14.6. The zero-order chi connectivity index (χ0) is 19.1. The lowest BCUT2D eigenvalue weighted by atomic mass is 9.92. The van der Waals surface area contributed by atoms with Gasteiger partial charge in [0.15, 0.2) is 6.04 Å². The summed E-state index contributed by atoms with van der Waals surface area (Å²) in [6.45, 7) is 2.16. The molecule has 0 radical (unpaired) electrons. The van der Waals surface area contributed by atoms with Crippen molar-refractivity contribution in [3.63, 3.8) is 0 Å². The molecule has 0 aromatic heterocycles. The Bertz CT molecular complexity index is 959. The summed E-state index contributed by atoms with van der Waals surface area (Å²) in [5, 5.41) is 12.4. The summed E-state index contributed by atoms with van der Waals surface area (Å²) in [6.07, 6.45) is 0.612. The van der Waals surface area contributed by atoms with Gasteiger partial charge in [-0.3, -0.25) is 9.59 Å². The second kappa shape index (κ2) is 6.74. The molecule has 0 saturated heterocycles. The zero-order valence-corrected chi connectivity index (χ0v) is 15.5. The molecule has 138 valence electrons. The molecule has 0 saturated carbocycles. The third-order valence-electron chi connectivity index (χ3n) is 4.94. The van der Waals surface area contributed by atoms with Gasteiger partial charge in [-0.2, -0.15) is 0 Å². The monoisotopic (exact) mass is 382 g/mol. The van der Waals surface area contributed by atoms with Crippen molar-refractivity contribution in [3.05, 3.63) is 59.2 Å². The lowest BCUT2D eigenvalue weighted by molar-refractivity contribution is -0.143. The molecular weight excluding hydrogens is 364 g/mol. The van der Waals surface area contributed by atoms with Crippen molar-refractivity contribution < 1.29 is 19.5 Å². The van der Waals surface area contributed by atoms with Crippen LogP contribution in [0.5, 0.6) is 0 Å². The summed E-state index contributed by atoms with van der Waals surface area (Å²) in [6, 6.07) is 11.4. The number of carboxylic acids is 1. The van der Waals surface area contributed by atoms with Crippen molar-refractivity contribution in [1.29, 1.82) is 0 Å². The lowest BCUT2D eigenvalue weighted by Gasteiger charge is -2.35. The first kappa shape index (κ1) is 17.6. The molecule has 4 rings (SSSR count). The summed E-state index contributed by atoms with van der Waals surface area (Å²) in [7, 11) is 0. The van der Waals surface area contributed by atoms with E-state index >= 15 is 0 Å². The Kier molecular flexibility index (Phi) is 4.39. The first-order valence-corrected chi connectivity index (χ1v) is 9.57. The number of thioether (sulfide) groups is 1. The second-order valence-electron chi connectivity index (χ2n) is 6.65. The fourth-order valence-corrected chi connectivity index (χ4v) is 4.49. The Labute approximate surface area is 160 Å². The SMILES string of the molecule is CC1Sc2ccc(C(=O)N3CCc4ccccc4C3C(=O)O)cc2NC1=O. The van der Waals surface area contributed by atoms with Crippen LogP contribution in [0.15, 0.2) is 47.4 Å². The summed E-state index contributed by atoms with van der Waals surface area (Å²) in [5.74, 6) is -1.50. The van der Waals surface area contributed by atoms with Crippen LogP contribution >= 0.6 is 11.8 Å². The standard InChI is InChI=1S/C20H18N2O4S/c1-11-18(23)21-15-10-13(6-7-16(15)27-11)19(24)22-9-8-12-4-2-3-5-14(12)17(22)20(25)26/h2-7,10-11,17H,8-9H2,1H3,(H,21,23)(H,25,26). The van der Waals surface area contributed by atoms with E-state index in [1.165, 1.54) is 16.7 Å². The minimum atomic E-state index is -1.05. The molecule has 2 aliphatic rings. The molecule has 0 fully saturated rings. The molecule has 27 heavy (non-hydrogen) atoms. The molecule has 0 bridgehead atoms. The minimum absolute atomic E-state index is 0.104. The van der Waals surface area contributed by atoms with E-state index in [2.05, 4.69) is 5.32 Å². The van der Waals surface area contributed by atoms with Gasteiger partial charge in [-0.15, -0.1) is 11.8 Å². The first-order chi connectivity index (χ1) is 13.0. The number of anilines is 1. The van der Waals surface area contributed by atoms with Crippen LogP contribution in [0.1, 0.15) is 34.5 Å². The van der Waals surface area contributed by atoms with Gasteiger partial charge < -0.3 is 15.3 Å². The third-order valence-corrected chi connectivity index (χ3v) is 6.11. The van der Waals surface area contributed by atoms with Crippen molar-refractivity contribution in [2.75, 3.05) is 11.9 Å². The van der Waals surface area contributed by atoms with E-state index < -0.39 is 12.0 Å². The minimum Gasteiger partial charge on any atom is -0.479 e. The Morgan fingerprint density at radius 3 is 2.78 bits per heavy atom. The maximum Gasteiger partial charge on any atom is 0.331 e. The Balaban J connectivity index is 1.68. The largest absolute Gasteiger partial charge is 0.479 e. The van der Waals surface area contributed by atoms with Crippen LogP contribution in [0.2, 0.25) is 0 Å². The van der Waals surface area contributed by atoms with Gasteiger partial charge in [-0.05, 0) is 42.7 Å².